The molecule has 0 fully saturated rings. The monoisotopic (exact) mass is 312 g/mol. The van der Waals surface area contributed by atoms with Crippen LogP contribution < -0.4 is 0 Å². The summed E-state index contributed by atoms with van der Waals surface area (Å²) in [6.45, 7) is 2.31. The predicted octanol–water partition coefficient (Wildman–Crippen LogP) is 2.91. The first kappa shape index (κ1) is 14.9. The molecule has 1 atom stereocenters. The highest BCUT2D eigenvalue weighted by atomic mass is 79.9. The van der Waals surface area contributed by atoms with Crippen molar-refractivity contribution in [3.8, 4) is 0 Å². The Morgan fingerprint density at radius 2 is 1.94 bits per heavy atom. The summed E-state index contributed by atoms with van der Waals surface area (Å²) in [5.74, 6) is -1.27. The van der Waals surface area contributed by atoms with Crippen LogP contribution in [0.15, 0.2) is 30.3 Å². The van der Waals surface area contributed by atoms with E-state index in [1.165, 1.54) is 0 Å². The van der Waals surface area contributed by atoms with Crippen LogP contribution in [-0.4, -0.2) is 23.2 Å². The molecule has 18 heavy (non-hydrogen) atoms. The number of hydrogen-bond donors (Lipinski definition) is 0. The summed E-state index contributed by atoms with van der Waals surface area (Å²) in [5.41, 5.74) is 1.01. The van der Waals surface area contributed by atoms with Crippen molar-refractivity contribution >= 4 is 27.7 Å². The molecule has 0 N–H and O–H groups in total. The van der Waals surface area contributed by atoms with Gasteiger partial charge in [0.05, 0.1) is 11.4 Å². The minimum Gasteiger partial charge on any atom is -0.460 e. The molecule has 0 aliphatic rings. The highest BCUT2D eigenvalue weighted by Gasteiger charge is 2.24. The second-order valence-electron chi connectivity index (χ2n) is 4.01. The topological polar surface area (TPSA) is 43.4 Å². The van der Waals surface area contributed by atoms with Gasteiger partial charge in [-0.1, -0.05) is 59.6 Å². The molecular formula is C14H17BrO3. The van der Waals surface area contributed by atoms with Gasteiger partial charge in [0.1, 0.15) is 0 Å². The molecule has 98 valence electrons. The fourth-order valence-electron chi connectivity index (χ4n) is 1.42. The summed E-state index contributed by atoms with van der Waals surface area (Å²) in [6.07, 6.45) is 2.20. The van der Waals surface area contributed by atoms with Gasteiger partial charge in [0.25, 0.3) is 5.78 Å². The number of ether oxygens (including phenoxy) is 1. The molecule has 0 aromatic heterocycles. The lowest BCUT2D eigenvalue weighted by Gasteiger charge is -2.08. The SMILES string of the molecule is CCCCOC(=O)C(=O)C(Br)Cc1ccccc1. The van der Waals surface area contributed by atoms with Crippen molar-refractivity contribution < 1.29 is 14.3 Å². The number of carbonyl (C=O) groups excluding carboxylic acids is 2. The van der Waals surface area contributed by atoms with Gasteiger partial charge < -0.3 is 4.74 Å². The Hall–Kier alpha value is -1.16. The molecule has 0 bridgehead atoms. The van der Waals surface area contributed by atoms with E-state index in [1.54, 1.807) is 0 Å². The van der Waals surface area contributed by atoms with E-state index < -0.39 is 16.6 Å². The van der Waals surface area contributed by atoms with Crippen LogP contribution in [0.25, 0.3) is 0 Å². The van der Waals surface area contributed by atoms with E-state index in [-0.39, 0.29) is 0 Å². The smallest absolute Gasteiger partial charge is 0.375 e. The van der Waals surface area contributed by atoms with Gasteiger partial charge in [-0.2, -0.15) is 0 Å². The third-order valence-corrected chi connectivity index (χ3v) is 3.21. The van der Waals surface area contributed by atoms with Crippen molar-refractivity contribution in [3.63, 3.8) is 0 Å². The van der Waals surface area contributed by atoms with Crippen LogP contribution in [0, 0.1) is 0 Å². The lowest BCUT2D eigenvalue weighted by Crippen LogP contribution is -2.27. The molecule has 0 spiro atoms. The molecule has 1 aromatic carbocycles. The molecule has 0 saturated heterocycles. The fraction of sp³-hybridized carbons (Fsp3) is 0.429. The number of alkyl halides is 1. The highest BCUT2D eigenvalue weighted by molar-refractivity contribution is 9.10. The highest BCUT2D eigenvalue weighted by Crippen LogP contribution is 2.11. The van der Waals surface area contributed by atoms with E-state index in [9.17, 15) is 9.59 Å². The summed E-state index contributed by atoms with van der Waals surface area (Å²) in [7, 11) is 0. The van der Waals surface area contributed by atoms with E-state index in [2.05, 4.69) is 15.9 Å². The predicted molar refractivity (Wildman–Crippen MR) is 73.7 cm³/mol. The Balaban J connectivity index is 2.43. The van der Waals surface area contributed by atoms with Gasteiger partial charge in [0.15, 0.2) is 0 Å². The van der Waals surface area contributed by atoms with Gasteiger partial charge in [0, 0.05) is 0 Å². The number of ketones is 1. The lowest BCUT2D eigenvalue weighted by molar-refractivity contribution is -0.153. The van der Waals surface area contributed by atoms with E-state index in [1.807, 2.05) is 37.3 Å². The van der Waals surface area contributed by atoms with Gasteiger partial charge in [-0.25, -0.2) is 4.79 Å². The Morgan fingerprint density at radius 1 is 1.28 bits per heavy atom. The van der Waals surface area contributed by atoms with Crippen LogP contribution in [-0.2, 0) is 20.7 Å². The van der Waals surface area contributed by atoms with Crippen LogP contribution in [0.3, 0.4) is 0 Å². The molecule has 1 rings (SSSR count). The van der Waals surface area contributed by atoms with E-state index in [0.717, 1.165) is 18.4 Å². The van der Waals surface area contributed by atoms with Crippen molar-refractivity contribution in [1.82, 2.24) is 0 Å². The van der Waals surface area contributed by atoms with E-state index in [0.29, 0.717) is 13.0 Å². The minimum absolute atomic E-state index is 0.312. The summed E-state index contributed by atoms with van der Waals surface area (Å²) in [5, 5.41) is 0. The van der Waals surface area contributed by atoms with Crippen molar-refractivity contribution in [1.29, 1.82) is 0 Å². The molecule has 0 radical (unpaired) electrons. The van der Waals surface area contributed by atoms with Crippen molar-refractivity contribution in [2.24, 2.45) is 0 Å². The molecule has 3 nitrogen and oxygen atoms in total. The minimum atomic E-state index is -0.749. The molecule has 1 aromatic rings. The van der Waals surface area contributed by atoms with E-state index in [4.69, 9.17) is 4.74 Å². The number of rotatable bonds is 7. The first-order chi connectivity index (χ1) is 8.65. The van der Waals surface area contributed by atoms with E-state index >= 15 is 0 Å². The fourth-order valence-corrected chi connectivity index (χ4v) is 1.98. The average molecular weight is 313 g/mol. The largest absolute Gasteiger partial charge is 0.460 e. The van der Waals surface area contributed by atoms with Crippen molar-refractivity contribution in [3.05, 3.63) is 35.9 Å². The third-order valence-electron chi connectivity index (χ3n) is 2.47. The summed E-state index contributed by atoms with van der Waals surface area (Å²) >= 11 is 3.24. The Kier molecular flexibility index (Phi) is 6.65. The van der Waals surface area contributed by atoms with Crippen molar-refractivity contribution in [2.75, 3.05) is 6.61 Å². The zero-order valence-electron chi connectivity index (χ0n) is 10.4. The standard InChI is InChI=1S/C14H17BrO3/c1-2-3-9-18-14(17)13(16)12(15)10-11-7-5-4-6-8-11/h4-8,12H,2-3,9-10H2,1H3. The molecule has 0 heterocycles. The summed E-state index contributed by atoms with van der Waals surface area (Å²) in [4.78, 5) is 22.6. The van der Waals surface area contributed by atoms with Crippen LogP contribution in [0.5, 0.6) is 0 Å². The first-order valence-electron chi connectivity index (χ1n) is 6.04. The summed E-state index contributed by atoms with van der Waals surface area (Å²) in [6, 6.07) is 9.56. The van der Waals surface area contributed by atoms with Crippen LogP contribution >= 0.6 is 15.9 Å². The maximum absolute atomic E-state index is 11.7. The van der Waals surface area contributed by atoms with Crippen LogP contribution in [0.1, 0.15) is 25.3 Å². The second kappa shape index (κ2) is 8.03. The van der Waals surface area contributed by atoms with Crippen LogP contribution in [0.2, 0.25) is 0 Å². The zero-order chi connectivity index (χ0) is 13.4. The van der Waals surface area contributed by atoms with Gasteiger partial charge in [-0.15, -0.1) is 0 Å². The number of benzene rings is 1. The van der Waals surface area contributed by atoms with Gasteiger partial charge in [0.2, 0.25) is 0 Å². The van der Waals surface area contributed by atoms with Gasteiger partial charge in [-0.3, -0.25) is 4.79 Å². The van der Waals surface area contributed by atoms with Gasteiger partial charge >= 0.3 is 5.97 Å². The van der Waals surface area contributed by atoms with Crippen LogP contribution in [0.4, 0.5) is 0 Å². The molecular weight excluding hydrogens is 296 g/mol. The van der Waals surface area contributed by atoms with Gasteiger partial charge in [-0.05, 0) is 18.4 Å². The van der Waals surface area contributed by atoms with Crippen molar-refractivity contribution in [2.45, 2.75) is 31.0 Å². The number of carbonyl (C=O) groups is 2. The first-order valence-corrected chi connectivity index (χ1v) is 6.95. The number of halogens is 1. The third kappa shape index (κ3) is 5.00. The lowest BCUT2D eigenvalue weighted by atomic mass is 10.1. The average Bonchev–Trinajstić information content (AvgIpc) is 2.39. The second-order valence-corrected chi connectivity index (χ2v) is 5.12. The Morgan fingerprint density at radius 3 is 2.56 bits per heavy atom. The maximum Gasteiger partial charge on any atom is 0.375 e. The molecule has 0 amide bonds. The summed E-state index contributed by atoms with van der Waals surface area (Å²) < 4.78 is 4.88. The normalized spacial score (nSPS) is 11.9. The molecule has 0 saturated carbocycles. The number of esters is 1. The molecule has 1 unspecified atom stereocenters. The number of unbranched alkanes of at least 4 members (excludes halogenated alkanes) is 1. The molecule has 4 heteroatoms. The quantitative estimate of drug-likeness (QED) is 0.336. The zero-order valence-corrected chi connectivity index (χ0v) is 12.0. The Labute approximate surface area is 116 Å². The number of hydrogen-bond acceptors (Lipinski definition) is 3. The Bertz CT molecular complexity index is 389. The number of Topliss-reactive ketones (excluding diaryl/α,β-unsaturated/α-hetero) is 1. The maximum atomic E-state index is 11.7. The molecule has 0 aliphatic heterocycles. The molecule has 0 aliphatic carbocycles.